The van der Waals surface area contributed by atoms with Gasteiger partial charge in [-0.25, -0.2) is 4.79 Å². The number of nitrogens with zero attached hydrogens (tertiary/aromatic N) is 1. The molecule has 1 heterocycles. The highest BCUT2D eigenvalue weighted by molar-refractivity contribution is 5.74. The lowest BCUT2D eigenvalue weighted by Gasteiger charge is -2.36. The van der Waals surface area contributed by atoms with E-state index in [-0.39, 0.29) is 12.1 Å². The molecule has 1 saturated carbocycles. The standard InChI is InChI=1S/C14H27N3O/c1-10-6-11(2)8-17(7-10)9-12(3)15-14(18)16-13-4-5-13/h10-13H,4-9H2,1-3H3,(H2,15,16,18). The molecule has 2 rings (SSSR count). The maximum atomic E-state index is 11.6. The topological polar surface area (TPSA) is 44.4 Å². The minimum absolute atomic E-state index is 0.00288. The maximum Gasteiger partial charge on any atom is 0.315 e. The third-order valence-corrected chi connectivity index (χ3v) is 3.77. The van der Waals surface area contributed by atoms with Crippen LogP contribution in [0, 0.1) is 11.8 Å². The molecule has 3 unspecified atom stereocenters. The van der Waals surface area contributed by atoms with Crippen molar-refractivity contribution in [2.75, 3.05) is 19.6 Å². The van der Waals surface area contributed by atoms with Crippen molar-refractivity contribution in [3.63, 3.8) is 0 Å². The van der Waals surface area contributed by atoms with Crippen LogP contribution in [-0.4, -0.2) is 42.6 Å². The second kappa shape index (κ2) is 5.91. The Kier molecular flexibility index (Phi) is 4.49. The van der Waals surface area contributed by atoms with Crippen LogP contribution in [-0.2, 0) is 0 Å². The summed E-state index contributed by atoms with van der Waals surface area (Å²) in [6, 6.07) is 0.664. The molecule has 0 aromatic rings. The minimum atomic E-state index is 0.00288. The van der Waals surface area contributed by atoms with Crippen LogP contribution >= 0.6 is 0 Å². The lowest BCUT2D eigenvalue weighted by Crippen LogP contribution is -2.49. The molecule has 2 aliphatic rings. The van der Waals surface area contributed by atoms with Gasteiger partial charge in [0.25, 0.3) is 0 Å². The molecule has 2 amide bonds. The molecule has 0 spiro atoms. The highest BCUT2D eigenvalue weighted by Gasteiger charge is 2.25. The summed E-state index contributed by atoms with van der Waals surface area (Å²) in [6.07, 6.45) is 3.62. The summed E-state index contributed by atoms with van der Waals surface area (Å²) < 4.78 is 0. The molecule has 0 bridgehead atoms. The summed E-state index contributed by atoms with van der Waals surface area (Å²) >= 11 is 0. The van der Waals surface area contributed by atoms with Crippen LogP contribution in [0.5, 0.6) is 0 Å². The average Bonchev–Trinajstić information content (AvgIpc) is 2.98. The summed E-state index contributed by atoms with van der Waals surface area (Å²) in [5.74, 6) is 1.56. The van der Waals surface area contributed by atoms with Gasteiger partial charge in [-0.2, -0.15) is 0 Å². The molecule has 4 heteroatoms. The van der Waals surface area contributed by atoms with Crippen molar-refractivity contribution in [3.8, 4) is 0 Å². The second-order valence-corrected chi connectivity index (χ2v) is 6.46. The fraction of sp³-hybridized carbons (Fsp3) is 0.929. The summed E-state index contributed by atoms with van der Waals surface area (Å²) in [7, 11) is 0. The van der Waals surface area contributed by atoms with Crippen molar-refractivity contribution in [2.45, 2.75) is 52.1 Å². The van der Waals surface area contributed by atoms with E-state index >= 15 is 0 Å². The van der Waals surface area contributed by atoms with Crippen LogP contribution in [0.25, 0.3) is 0 Å². The number of nitrogens with one attached hydrogen (secondary N) is 2. The van der Waals surface area contributed by atoms with Gasteiger partial charge < -0.3 is 15.5 Å². The number of piperidine rings is 1. The number of amides is 2. The van der Waals surface area contributed by atoms with Crippen molar-refractivity contribution >= 4 is 6.03 Å². The first-order valence-corrected chi connectivity index (χ1v) is 7.32. The van der Waals surface area contributed by atoms with Crippen molar-refractivity contribution < 1.29 is 4.79 Å². The predicted octanol–water partition coefficient (Wildman–Crippen LogP) is 1.81. The first-order valence-electron chi connectivity index (χ1n) is 7.32. The highest BCUT2D eigenvalue weighted by Crippen LogP contribution is 2.21. The average molecular weight is 253 g/mol. The Hall–Kier alpha value is -0.770. The summed E-state index contributed by atoms with van der Waals surface area (Å²) in [5.41, 5.74) is 0. The Bertz CT molecular complexity index is 281. The molecule has 0 radical (unpaired) electrons. The molecule has 2 N–H and O–H groups in total. The van der Waals surface area contributed by atoms with Crippen LogP contribution in [0.2, 0.25) is 0 Å². The molecule has 1 saturated heterocycles. The van der Waals surface area contributed by atoms with Crippen LogP contribution in [0.15, 0.2) is 0 Å². The maximum absolute atomic E-state index is 11.6. The lowest BCUT2D eigenvalue weighted by atomic mass is 9.92. The Morgan fingerprint density at radius 1 is 1.28 bits per heavy atom. The fourth-order valence-electron chi connectivity index (χ4n) is 3.05. The van der Waals surface area contributed by atoms with E-state index in [1.807, 2.05) is 0 Å². The molecule has 0 aromatic heterocycles. The number of likely N-dealkylation sites (tertiary alicyclic amines) is 1. The summed E-state index contributed by atoms with van der Waals surface area (Å²) in [5, 5.41) is 6.01. The number of carbonyl (C=O) groups excluding carboxylic acids is 1. The van der Waals surface area contributed by atoms with Gasteiger partial charge in [0.1, 0.15) is 0 Å². The molecular weight excluding hydrogens is 226 g/mol. The van der Waals surface area contributed by atoms with Gasteiger partial charge in [-0.3, -0.25) is 0 Å². The van der Waals surface area contributed by atoms with E-state index in [0.29, 0.717) is 6.04 Å². The zero-order valence-electron chi connectivity index (χ0n) is 11.9. The highest BCUT2D eigenvalue weighted by atomic mass is 16.2. The Labute approximate surface area is 110 Å². The predicted molar refractivity (Wildman–Crippen MR) is 73.5 cm³/mol. The molecule has 1 aliphatic heterocycles. The number of hydrogen-bond acceptors (Lipinski definition) is 2. The molecular formula is C14H27N3O. The van der Waals surface area contributed by atoms with Crippen LogP contribution in [0.1, 0.15) is 40.0 Å². The third kappa shape index (κ3) is 4.48. The van der Waals surface area contributed by atoms with Crippen molar-refractivity contribution in [1.29, 1.82) is 0 Å². The number of rotatable bonds is 4. The zero-order valence-corrected chi connectivity index (χ0v) is 11.9. The molecule has 1 aliphatic carbocycles. The largest absolute Gasteiger partial charge is 0.335 e. The molecule has 0 aromatic carbocycles. The van der Waals surface area contributed by atoms with Crippen LogP contribution in [0.3, 0.4) is 0 Å². The quantitative estimate of drug-likeness (QED) is 0.802. The first-order chi connectivity index (χ1) is 8.52. The Balaban J connectivity index is 1.68. The minimum Gasteiger partial charge on any atom is -0.335 e. The SMILES string of the molecule is CC1CC(C)CN(CC(C)NC(=O)NC2CC2)C1. The van der Waals surface area contributed by atoms with Crippen molar-refractivity contribution in [1.82, 2.24) is 15.5 Å². The number of hydrogen-bond donors (Lipinski definition) is 2. The number of urea groups is 1. The Morgan fingerprint density at radius 3 is 2.44 bits per heavy atom. The van der Waals surface area contributed by atoms with Gasteiger partial charge in [-0.15, -0.1) is 0 Å². The van der Waals surface area contributed by atoms with E-state index in [9.17, 15) is 4.79 Å². The molecule has 104 valence electrons. The summed E-state index contributed by atoms with van der Waals surface area (Å²) in [4.78, 5) is 14.1. The molecule has 18 heavy (non-hydrogen) atoms. The molecule has 3 atom stereocenters. The Morgan fingerprint density at radius 2 is 1.89 bits per heavy atom. The van der Waals surface area contributed by atoms with E-state index in [2.05, 4.69) is 36.3 Å². The number of carbonyl (C=O) groups is 1. The van der Waals surface area contributed by atoms with Gasteiger partial charge >= 0.3 is 6.03 Å². The van der Waals surface area contributed by atoms with Crippen LogP contribution in [0.4, 0.5) is 4.79 Å². The fourth-order valence-corrected chi connectivity index (χ4v) is 3.05. The van der Waals surface area contributed by atoms with Gasteiger partial charge in [0.15, 0.2) is 0 Å². The smallest absolute Gasteiger partial charge is 0.315 e. The van der Waals surface area contributed by atoms with Gasteiger partial charge in [0.2, 0.25) is 0 Å². The van der Waals surface area contributed by atoms with Gasteiger partial charge in [-0.05, 0) is 38.0 Å². The van der Waals surface area contributed by atoms with E-state index in [0.717, 1.165) is 31.2 Å². The monoisotopic (exact) mass is 253 g/mol. The van der Waals surface area contributed by atoms with E-state index in [4.69, 9.17) is 0 Å². The van der Waals surface area contributed by atoms with Gasteiger partial charge in [0.05, 0.1) is 0 Å². The van der Waals surface area contributed by atoms with Gasteiger partial charge in [-0.1, -0.05) is 13.8 Å². The van der Waals surface area contributed by atoms with E-state index in [1.165, 1.54) is 19.5 Å². The second-order valence-electron chi connectivity index (χ2n) is 6.46. The zero-order chi connectivity index (χ0) is 13.1. The van der Waals surface area contributed by atoms with Crippen molar-refractivity contribution in [2.24, 2.45) is 11.8 Å². The lowest BCUT2D eigenvalue weighted by molar-refractivity contribution is 0.131. The molecule has 2 fully saturated rings. The van der Waals surface area contributed by atoms with Gasteiger partial charge in [0, 0.05) is 31.7 Å². The molecule has 4 nitrogen and oxygen atoms in total. The summed E-state index contributed by atoms with van der Waals surface area (Å²) in [6.45, 7) is 10.0. The first kappa shape index (κ1) is 13.7. The van der Waals surface area contributed by atoms with E-state index < -0.39 is 0 Å². The van der Waals surface area contributed by atoms with Crippen molar-refractivity contribution in [3.05, 3.63) is 0 Å². The van der Waals surface area contributed by atoms with E-state index in [1.54, 1.807) is 0 Å². The third-order valence-electron chi connectivity index (χ3n) is 3.77. The van der Waals surface area contributed by atoms with Crippen LogP contribution < -0.4 is 10.6 Å². The normalized spacial score (nSPS) is 30.8.